The van der Waals surface area contributed by atoms with E-state index in [0.29, 0.717) is 5.89 Å². The summed E-state index contributed by atoms with van der Waals surface area (Å²) in [5, 5.41) is 0. The summed E-state index contributed by atoms with van der Waals surface area (Å²) in [6, 6.07) is 0. The number of halogens is 3. The second-order valence-electron chi connectivity index (χ2n) is 2.98. The van der Waals surface area contributed by atoms with Crippen LogP contribution in [0.25, 0.3) is 11.1 Å². The molecule has 0 saturated heterocycles. The molecule has 2 nitrogen and oxygen atoms in total. The van der Waals surface area contributed by atoms with Crippen LogP contribution < -0.4 is 0 Å². The summed E-state index contributed by atoms with van der Waals surface area (Å²) in [6.07, 6.45) is 0. The largest absolute Gasteiger partial charge is 0.440 e. The third-order valence-electron chi connectivity index (χ3n) is 1.99. The van der Waals surface area contributed by atoms with Gasteiger partial charge in [-0.3, -0.25) is 0 Å². The number of rotatable bonds is 0. The van der Waals surface area contributed by atoms with Gasteiger partial charge in [0.15, 0.2) is 11.5 Å². The van der Waals surface area contributed by atoms with Crippen LogP contribution in [0.5, 0.6) is 0 Å². The standard InChI is InChI=1S/C9H6Br3NO/c1-3-5(10)7(12)9-8(6(3)11)13-4(2)14-9/h1-2H3. The van der Waals surface area contributed by atoms with Gasteiger partial charge in [-0.2, -0.15) is 0 Å². The first-order valence-corrected chi connectivity index (χ1v) is 6.30. The van der Waals surface area contributed by atoms with Crippen LogP contribution in [0, 0.1) is 13.8 Å². The summed E-state index contributed by atoms with van der Waals surface area (Å²) >= 11 is 10.5. The summed E-state index contributed by atoms with van der Waals surface area (Å²) in [4.78, 5) is 4.31. The summed E-state index contributed by atoms with van der Waals surface area (Å²) in [5.41, 5.74) is 2.74. The van der Waals surface area contributed by atoms with Crippen LogP contribution in [0.3, 0.4) is 0 Å². The fourth-order valence-electron chi connectivity index (χ4n) is 1.26. The zero-order chi connectivity index (χ0) is 10.5. The average Bonchev–Trinajstić information content (AvgIpc) is 2.54. The van der Waals surface area contributed by atoms with E-state index in [1.165, 1.54) is 0 Å². The monoisotopic (exact) mass is 381 g/mol. The van der Waals surface area contributed by atoms with Gasteiger partial charge in [-0.05, 0) is 60.3 Å². The molecule has 14 heavy (non-hydrogen) atoms. The molecule has 1 aromatic carbocycles. The Morgan fingerprint density at radius 1 is 1.00 bits per heavy atom. The van der Waals surface area contributed by atoms with Crippen molar-refractivity contribution in [2.24, 2.45) is 0 Å². The van der Waals surface area contributed by atoms with Gasteiger partial charge in [0.25, 0.3) is 0 Å². The van der Waals surface area contributed by atoms with Crippen molar-refractivity contribution in [3.05, 3.63) is 24.9 Å². The number of hydrogen-bond acceptors (Lipinski definition) is 2. The van der Waals surface area contributed by atoms with Crippen molar-refractivity contribution in [3.8, 4) is 0 Å². The highest BCUT2D eigenvalue weighted by Crippen LogP contribution is 2.39. The number of fused-ring (bicyclic) bond motifs is 1. The van der Waals surface area contributed by atoms with Crippen molar-refractivity contribution in [1.82, 2.24) is 4.98 Å². The van der Waals surface area contributed by atoms with Gasteiger partial charge in [-0.15, -0.1) is 0 Å². The van der Waals surface area contributed by atoms with Gasteiger partial charge >= 0.3 is 0 Å². The van der Waals surface area contributed by atoms with Gasteiger partial charge in [0.1, 0.15) is 5.52 Å². The number of nitrogens with zero attached hydrogens (tertiary/aromatic N) is 1. The highest BCUT2D eigenvalue weighted by Gasteiger charge is 2.16. The van der Waals surface area contributed by atoms with E-state index in [0.717, 1.165) is 30.1 Å². The van der Waals surface area contributed by atoms with E-state index < -0.39 is 0 Å². The van der Waals surface area contributed by atoms with E-state index in [2.05, 4.69) is 52.8 Å². The second-order valence-corrected chi connectivity index (χ2v) is 5.36. The number of benzene rings is 1. The quantitative estimate of drug-likeness (QED) is 0.614. The topological polar surface area (TPSA) is 26.0 Å². The molecule has 2 aromatic rings. The van der Waals surface area contributed by atoms with Crippen LogP contribution in [-0.2, 0) is 0 Å². The van der Waals surface area contributed by atoms with Crippen LogP contribution >= 0.6 is 47.8 Å². The lowest BCUT2D eigenvalue weighted by atomic mass is 10.2. The van der Waals surface area contributed by atoms with Crippen LogP contribution in [0.1, 0.15) is 11.5 Å². The third kappa shape index (κ3) is 1.46. The molecule has 0 unspecified atom stereocenters. The number of oxazole rings is 1. The fourth-order valence-corrected chi connectivity index (χ4v) is 2.94. The van der Waals surface area contributed by atoms with Crippen LogP contribution in [-0.4, -0.2) is 4.98 Å². The normalized spacial score (nSPS) is 11.2. The SMILES string of the molecule is Cc1nc2c(Br)c(C)c(Br)c(Br)c2o1. The molecule has 1 heterocycles. The van der Waals surface area contributed by atoms with Crippen molar-refractivity contribution in [2.45, 2.75) is 13.8 Å². The van der Waals surface area contributed by atoms with Crippen molar-refractivity contribution in [2.75, 3.05) is 0 Å². The Morgan fingerprint density at radius 3 is 2.29 bits per heavy atom. The minimum atomic E-state index is 0.666. The first-order valence-electron chi connectivity index (χ1n) is 3.92. The average molecular weight is 384 g/mol. The number of aryl methyl sites for hydroxylation is 1. The molecule has 0 bridgehead atoms. The maximum Gasteiger partial charge on any atom is 0.192 e. The highest BCUT2D eigenvalue weighted by molar-refractivity contribution is 9.13. The van der Waals surface area contributed by atoms with Crippen molar-refractivity contribution in [1.29, 1.82) is 0 Å². The van der Waals surface area contributed by atoms with Gasteiger partial charge in [0.2, 0.25) is 0 Å². The zero-order valence-corrected chi connectivity index (χ0v) is 12.2. The second kappa shape index (κ2) is 3.61. The molecular formula is C9H6Br3NO. The minimum Gasteiger partial charge on any atom is -0.440 e. The number of hydrogen-bond donors (Lipinski definition) is 0. The predicted octanol–water partition coefficient (Wildman–Crippen LogP) is 4.73. The number of aromatic nitrogens is 1. The summed E-state index contributed by atoms with van der Waals surface area (Å²) < 4.78 is 8.37. The Labute approximate surface area is 106 Å². The highest BCUT2D eigenvalue weighted by atomic mass is 79.9. The summed E-state index contributed by atoms with van der Waals surface area (Å²) in [6.45, 7) is 3.85. The van der Waals surface area contributed by atoms with E-state index in [1.807, 2.05) is 13.8 Å². The van der Waals surface area contributed by atoms with Gasteiger partial charge < -0.3 is 4.42 Å². The molecular weight excluding hydrogens is 378 g/mol. The molecule has 0 amide bonds. The van der Waals surface area contributed by atoms with Crippen molar-refractivity contribution >= 4 is 58.9 Å². The lowest BCUT2D eigenvalue weighted by molar-refractivity contribution is 0.559. The molecule has 0 saturated carbocycles. The molecule has 0 spiro atoms. The molecule has 0 aliphatic rings. The Bertz CT molecular complexity index is 473. The van der Waals surface area contributed by atoms with Gasteiger partial charge in [0, 0.05) is 11.4 Å². The first-order chi connectivity index (χ1) is 6.52. The van der Waals surface area contributed by atoms with Gasteiger partial charge in [0.05, 0.1) is 8.95 Å². The molecule has 0 radical (unpaired) electrons. The van der Waals surface area contributed by atoms with Gasteiger partial charge in [-0.25, -0.2) is 4.98 Å². The smallest absolute Gasteiger partial charge is 0.192 e. The summed E-state index contributed by atoms with van der Waals surface area (Å²) in [7, 11) is 0. The molecule has 5 heteroatoms. The van der Waals surface area contributed by atoms with E-state index >= 15 is 0 Å². The minimum absolute atomic E-state index is 0.666. The Morgan fingerprint density at radius 2 is 1.64 bits per heavy atom. The molecule has 0 atom stereocenters. The van der Waals surface area contributed by atoms with Crippen LogP contribution in [0.15, 0.2) is 17.8 Å². The van der Waals surface area contributed by atoms with Crippen molar-refractivity contribution in [3.63, 3.8) is 0 Å². The molecule has 74 valence electrons. The maximum atomic E-state index is 5.50. The fraction of sp³-hybridized carbons (Fsp3) is 0.222. The lowest BCUT2D eigenvalue weighted by Crippen LogP contribution is -1.83. The van der Waals surface area contributed by atoms with Crippen LogP contribution in [0.4, 0.5) is 0 Å². The summed E-state index contributed by atoms with van der Waals surface area (Å²) in [5.74, 6) is 0.666. The van der Waals surface area contributed by atoms with Crippen LogP contribution in [0.2, 0.25) is 0 Å². The Balaban J connectivity index is 3.01. The lowest BCUT2D eigenvalue weighted by Gasteiger charge is -2.04. The zero-order valence-electron chi connectivity index (χ0n) is 7.49. The molecule has 0 aliphatic heterocycles. The van der Waals surface area contributed by atoms with E-state index in [1.54, 1.807) is 0 Å². The molecule has 0 N–H and O–H groups in total. The predicted molar refractivity (Wildman–Crippen MR) is 66.6 cm³/mol. The molecule has 2 rings (SSSR count). The van der Waals surface area contributed by atoms with Gasteiger partial charge in [-0.1, -0.05) is 0 Å². The van der Waals surface area contributed by atoms with E-state index in [-0.39, 0.29) is 0 Å². The van der Waals surface area contributed by atoms with E-state index in [4.69, 9.17) is 4.42 Å². The first kappa shape index (κ1) is 10.6. The van der Waals surface area contributed by atoms with Crippen molar-refractivity contribution < 1.29 is 4.42 Å². The Hall–Kier alpha value is 0.130. The third-order valence-corrected chi connectivity index (χ3v) is 5.24. The molecule has 0 aliphatic carbocycles. The molecule has 0 fully saturated rings. The molecule has 1 aromatic heterocycles. The Kier molecular flexibility index (Phi) is 2.74. The maximum absolute atomic E-state index is 5.50. The van der Waals surface area contributed by atoms with E-state index in [9.17, 15) is 0 Å².